The first-order chi connectivity index (χ1) is 13.4. The van der Waals surface area contributed by atoms with Crippen LogP contribution >= 0.6 is 0 Å². The number of amides is 2. The molecule has 0 radical (unpaired) electrons. The minimum Gasteiger partial charge on any atom is -0.352 e. The Bertz CT molecular complexity index is 660. The van der Waals surface area contributed by atoms with Crippen molar-refractivity contribution in [1.29, 1.82) is 0 Å². The Morgan fingerprint density at radius 1 is 1.07 bits per heavy atom. The van der Waals surface area contributed by atoms with E-state index in [-0.39, 0.29) is 11.8 Å². The molecule has 28 heavy (non-hydrogen) atoms. The zero-order valence-electron chi connectivity index (χ0n) is 17.2. The summed E-state index contributed by atoms with van der Waals surface area (Å²) in [4.78, 5) is 29.0. The predicted octanol–water partition coefficient (Wildman–Crippen LogP) is 1.83. The van der Waals surface area contributed by atoms with Crippen molar-refractivity contribution in [3.8, 4) is 0 Å². The lowest BCUT2D eigenvalue weighted by Crippen LogP contribution is -2.53. The molecule has 154 valence electrons. The Labute approximate surface area is 168 Å². The number of nitrogens with two attached hydrogens (primary N) is 1. The third-order valence-corrected chi connectivity index (χ3v) is 6.13. The van der Waals surface area contributed by atoms with E-state index in [1.54, 1.807) is 0 Å². The number of hydrogen-bond donors (Lipinski definition) is 2. The topological polar surface area (TPSA) is 78.7 Å². The first-order valence-electron chi connectivity index (χ1n) is 10.5. The number of nitrogens with one attached hydrogen (secondary N) is 1. The Morgan fingerprint density at radius 2 is 1.68 bits per heavy atom. The van der Waals surface area contributed by atoms with E-state index in [1.807, 2.05) is 36.1 Å². The van der Waals surface area contributed by atoms with E-state index in [1.165, 1.54) is 12.8 Å². The number of carbonyl (C=O) groups excluding carboxylic acids is 2. The lowest BCUT2D eigenvalue weighted by Gasteiger charge is -2.36. The van der Waals surface area contributed by atoms with Gasteiger partial charge in [-0.1, -0.05) is 36.8 Å². The zero-order chi connectivity index (χ0) is 20.1. The molecule has 1 unspecified atom stereocenters. The van der Waals surface area contributed by atoms with Gasteiger partial charge < -0.3 is 16.0 Å². The number of nitrogens with zero attached hydrogens (tertiary/aromatic N) is 2. The van der Waals surface area contributed by atoms with Crippen molar-refractivity contribution in [2.45, 2.75) is 51.6 Å². The first-order valence-corrected chi connectivity index (χ1v) is 10.5. The molecule has 3 N–H and O–H groups in total. The Morgan fingerprint density at radius 3 is 2.29 bits per heavy atom. The smallest absolute Gasteiger partial charge is 0.244 e. The molecule has 1 aromatic carbocycles. The summed E-state index contributed by atoms with van der Waals surface area (Å²) in [5.41, 5.74) is 8.18. The van der Waals surface area contributed by atoms with Gasteiger partial charge in [-0.25, -0.2) is 0 Å². The van der Waals surface area contributed by atoms with Crippen LogP contribution in [0.4, 0.5) is 0 Å². The fourth-order valence-electron chi connectivity index (χ4n) is 4.12. The van der Waals surface area contributed by atoms with Gasteiger partial charge in [-0.3, -0.25) is 14.5 Å². The van der Waals surface area contributed by atoms with Gasteiger partial charge in [0.05, 0.1) is 6.54 Å². The monoisotopic (exact) mass is 386 g/mol. The largest absolute Gasteiger partial charge is 0.352 e. The molecule has 3 rings (SSSR count). The quantitative estimate of drug-likeness (QED) is 0.809. The Kier molecular flexibility index (Phi) is 7.08. The van der Waals surface area contributed by atoms with E-state index in [4.69, 9.17) is 5.73 Å². The van der Waals surface area contributed by atoms with Crippen molar-refractivity contribution in [1.82, 2.24) is 15.1 Å². The third kappa shape index (κ3) is 5.55. The number of aryl methyl sites for hydroxylation is 1. The van der Waals surface area contributed by atoms with Gasteiger partial charge in [0, 0.05) is 32.2 Å². The van der Waals surface area contributed by atoms with Crippen LogP contribution in [-0.4, -0.2) is 60.4 Å². The second-order valence-electron chi connectivity index (χ2n) is 8.51. The second-order valence-corrected chi connectivity index (χ2v) is 8.51. The summed E-state index contributed by atoms with van der Waals surface area (Å²) >= 11 is 0. The van der Waals surface area contributed by atoms with Gasteiger partial charge in [-0.05, 0) is 44.1 Å². The van der Waals surface area contributed by atoms with Crippen molar-refractivity contribution < 1.29 is 9.59 Å². The fraction of sp³-hybridized carbons (Fsp3) is 0.636. The molecule has 2 fully saturated rings. The van der Waals surface area contributed by atoms with Crippen molar-refractivity contribution in [3.63, 3.8) is 0 Å². The lowest BCUT2D eigenvalue weighted by atomic mass is 9.87. The van der Waals surface area contributed by atoms with Crippen LogP contribution in [0.15, 0.2) is 24.3 Å². The van der Waals surface area contributed by atoms with E-state index >= 15 is 0 Å². The highest BCUT2D eigenvalue weighted by Crippen LogP contribution is 2.23. The van der Waals surface area contributed by atoms with E-state index in [0.717, 1.165) is 29.9 Å². The van der Waals surface area contributed by atoms with Crippen LogP contribution in [0.2, 0.25) is 0 Å². The molecule has 1 atom stereocenters. The number of piperazine rings is 1. The van der Waals surface area contributed by atoms with Crippen LogP contribution < -0.4 is 11.1 Å². The fourth-order valence-corrected chi connectivity index (χ4v) is 4.12. The average Bonchev–Trinajstić information content (AvgIpc) is 2.70. The number of carbonyl (C=O) groups is 2. The van der Waals surface area contributed by atoms with Crippen molar-refractivity contribution in [3.05, 3.63) is 35.4 Å². The second kappa shape index (κ2) is 9.52. The van der Waals surface area contributed by atoms with E-state index in [0.29, 0.717) is 38.8 Å². The van der Waals surface area contributed by atoms with Gasteiger partial charge in [-0.2, -0.15) is 0 Å². The van der Waals surface area contributed by atoms with Gasteiger partial charge in [-0.15, -0.1) is 0 Å². The maximum atomic E-state index is 12.7. The molecule has 1 saturated heterocycles. The molecule has 1 aliphatic carbocycles. The molecule has 0 aromatic heterocycles. The SMILES string of the molecule is Cc1ccc(C(N)C(=O)N2CCN(CC(=O)NC3CCC(C)CC3)CC2)cc1. The maximum absolute atomic E-state index is 12.7. The minimum atomic E-state index is -0.621. The summed E-state index contributed by atoms with van der Waals surface area (Å²) in [5.74, 6) is 0.852. The summed E-state index contributed by atoms with van der Waals surface area (Å²) in [6.07, 6.45) is 4.58. The van der Waals surface area contributed by atoms with Gasteiger partial charge >= 0.3 is 0 Å². The van der Waals surface area contributed by atoms with E-state index in [2.05, 4.69) is 17.1 Å². The summed E-state index contributed by atoms with van der Waals surface area (Å²) < 4.78 is 0. The molecular formula is C22H34N4O2. The van der Waals surface area contributed by atoms with Gasteiger partial charge in [0.15, 0.2) is 0 Å². The highest BCUT2D eigenvalue weighted by molar-refractivity contribution is 5.83. The number of benzene rings is 1. The highest BCUT2D eigenvalue weighted by Gasteiger charge is 2.27. The Hall–Kier alpha value is -1.92. The van der Waals surface area contributed by atoms with Crippen LogP contribution in [0.5, 0.6) is 0 Å². The lowest BCUT2D eigenvalue weighted by molar-refractivity contribution is -0.134. The van der Waals surface area contributed by atoms with Crippen molar-refractivity contribution in [2.24, 2.45) is 11.7 Å². The molecule has 1 saturated carbocycles. The molecule has 2 aliphatic rings. The maximum Gasteiger partial charge on any atom is 0.244 e. The van der Waals surface area contributed by atoms with Crippen LogP contribution in [0, 0.1) is 12.8 Å². The summed E-state index contributed by atoms with van der Waals surface area (Å²) in [5, 5.41) is 3.18. The highest BCUT2D eigenvalue weighted by atomic mass is 16.2. The first kappa shape index (κ1) is 20.8. The average molecular weight is 387 g/mol. The Balaban J connectivity index is 1.41. The zero-order valence-corrected chi connectivity index (χ0v) is 17.2. The molecule has 1 aromatic rings. The van der Waals surface area contributed by atoms with Crippen LogP contribution in [0.1, 0.15) is 49.8 Å². The van der Waals surface area contributed by atoms with Gasteiger partial charge in [0.2, 0.25) is 11.8 Å². The standard InChI is InChI=1S/C22H34N4O2/c1-16-3-7-18(8-4-16)21(23)22(28)26-13-11-25(12-14-26)15-20(27)24-19-9-5-17(2)6-10-19/h3-4,7-8,17,19,21H,5-6,9-15,23H2,1-2H3,(H,24,27). The summed E-state index contributed by atoms with van der Waals surface area (Å²) in [6.45, 7) is 7.37. The van der Waals surface area contributed by atoms with Crippen LogP contribution in [0.25, 0.3) is 0 Å². The molecular weight excluding hydrogens is 352 g/mol. The molecule has 2 amide bonds. The molecule has 0 bridgehead atoms. The van der Waals surface area contributed by atoms with Crippen molar-refractivity contribution in [2.75, 3.05) is 32.7 Å². The van der Waals surface area contributed by atoms with Gasteiger partial charge in [0.1, 0.15) is 6.04 Å². The van der Waals surface area contributed by atoms with Crippen LogP contribution in [-0.2, 0) is 9.59 Å². The van der Waals surface area contributed by atoms with Crippen molar-refractivity contribution >= 4 is 11.8 Å². The number of hydrogen-bond acceptors (Lipinski definition) is 4. The molecule has 1 aliphatic heterocycles. The predicted molar refractivity (Wildman–Crippen MR) is 111 cm³/mol. The minimum absolute atomic E-state index is 0.0377. The molecule has 0 spiro atoms. The van der Waals surface area contributed by atoms with E-state index < -0.39 is 6.04 Å². The number of rotatable bonds is 5. The molecule has 6 heteroatoms. The summed E-state index contributed by atoms with van der Waals surface area (Å²) in [7, 11) is 0. The normalized spacial score (nSPS) is 24.6. The van der Waals surface area contributed by atoms with Gasteiger partial charge in [0.25, 0.3) is 0 Å². The third-order valence-electron chi connectivity index (χ3n) is 6.13. The molecule has 1 heterocycles. The van der Waals surface area contributed by atoms with Crippen LogP contribution in [0.3, 0.4) is 0 Å². The molecule has 6 nitrogen and oxygen atoms in total. The summed E-state index contributed by atoms with van der Waals surface area (Å²) in [6, 6.07) is 7.51. The van der Waals surface area contributed by atoms with E-state index in [9.17, 15) is 9.59 Å².